The Balaban J connectivity index is 0.727. The average Bonchev–Trinajstić information content (AvgIpc) is 4.18. The molecular weight excluding hydrogens is 903 g/mol. The number of rotatable bonds is 10. The molecule has 13 rings (SSSR count). The van der Waals surface area contributed by atoms with Crippen LogP contribution in [0, 0.1) is 30.4 Å². The number of likely N-dealkylation sites (tertiary alicyclic amines) is 2. The SMILES string of the molecule is Cc1ccc(OC(=O)Cc2sc3c(F)c(CC(=O)Oc4ccc5c6c4O[C@H]4C(=O)CC[C@@]7(O)[C@@H](C5)N(CC5CC5)CC[C@]647)sc3c2F)c2c1[C@]13CCN(CC4CC4)[C@H](C)[C@]1(O)CCC(=O)[C@@H]3O2. The van der Waals surface area contributed by atoms with Crippen molar-refractivity contribution in [3.63, 3.8) is 0 Å². The Morgan fingerprint density at radius 3 is 1.82 bits per heavy atom. The monoisotopic (exact) mass is 954 g/mol. The third-order valence-corrected chi connectivity index (χ3v) is 20.1. The van der Waals surface area contributed by atoms with E-state index in [4.69, 9.17) is 18.9 Å². The molecule has 0 unspecified atom stereocenters. The van der Waals surface area contributed by atoms with Gasteiger partial charge in [-0.2, -0.15) is 0 Å². The highest BCUT2D eigenvalue weighted by atomic mass is 32.1. The summed E-state index contributed by atoms with van der Waals surface area (Å²) in [6, 6.07) is 6.53. The van der Waals surface area contributed by atoms with Gasteiger partial charge >= 0.3 is 11.9 Å². The highest BCUT2D eigenvalue weighted by Crippen LogP contribution is 2.66. The minimum atomic E-state index is -1.26. The number of aliphatic hydroxyl groups is 2. The molecule has 2 saturated heterocycles. The molecule has 0 radical (unpaired) electrons. The Morgan fingerprint density at radius 2 is 1.24 bits per heavy atom. The van der Waals surface area contributed by atoms with Gasteiger partial charge in [0.1, 0.15) is 0 Å². The van der Waals surface area contributed by atoms with E-state index < -0.39 is 70.7 Å². The summed E-state index contributed by atoms with van der Waals surface area (Å²) >= 11 is 1.55. The van der Waals surface area contributed by atoms with Crippen molar-refractivity contribution in [3.05, 3.63) is 67.9 Å². The minimum Gasteiger partial charge on any atom is -0.477 e. The van der Waals surface area contributed by atoms with E-state index in [1.807, 2.05) is 19.9 Å². The van der Waals surface area contributed by atoms with Gasteiger partial charge < -0.3 is 29.2 Å². The molecule has 2 aromatic heterocycles. The number of ether oxygens (including phenoxy) is 4. The molecule has 2 spiro atoms. The van der Waals surface area contributed by atoms with Gasteiger partial charge in [0.2, 0.25) is 0 Å². The van der Waals surface area contributed by atoms with Crippen molar-refractivity contribution >= 4 is 55.6 Å². The summed E-state index contributed by atoms with van der Waals surface area (Å²) in [5, 5.41) is 25.3. The third kappa shape index (κ3) is 5.86. The lowest BCUT2D eigenvalue weighted by Crippen LogP contribution is -2.76. The van der Waals surface area contributed by atoms with Crippen LogP contribution in [-0.2, 0) is 49.3 Å². The summed E-state index contributed by atoms with van der Waals surface area (Å²) in [6.07, 6.45) is 4.53. The number of aryl methyl sites for hydroxylation is 1. The molecule has 5 aliphatic carbocycles. The Hall–Kier alpha value is -4.32. The molecule has 16 heteroatoms. The number of thiophene rings is 2. The maximum Gasteiger partial charge on any atom is 0.316 e. The normalized spacial score (nSPS) is 33.7. The van der Waals surface area contributed by atoms with E-state index in [-0.39, 0.29) is 78.6 Å². The Bertz CT molecular complexity index is 2870. The van der Waals surface area contributed by atoms with Crippen LogP contribution in [0.4, 0.5) is 8.78 Å². The van der Waals surface area contributed by atoms with Gasteiger partial charge in [-0.05, 0) is 120 Å². The van der Waals surface area contributed by atoms with Gasteiger partial charge in [-0.3, -0.25) is 29.0 Å². The molecule has 4 aliphatic heterocycles. The maximum atomic E-state index is 16.1. The van der Waals surface area contributed by atoms with Crippen LogP contribution < -0.4 is 18.9 Å². The molecule has 67 heavy (non-hydrogen) atoms. The standard InChI is InChI=1S/C51H52F2N2O10S2/c1-24-3-9-31(42-38(24)48-15-17-54(22-26-4-5-26)25(2)50(48,60)13-11-29(56)46(48)64-42)62-36(58)20-33-40(52)44-45(66-33)41(53)34(67-44)21-37(59)63-32-10-8-28-19-35-51(61)14-12-30(57)47-49(51,39(28)43(32)65-47)16-18-55(35)23-27-6-7-27/h3,8-10,25-27,35,46-47,60-61H,4-7,11-23H2,1-2H3/t25-,35-,46+,47+,48+,49+,50-,51-/m1/s1. The van der Waals surface area contributed by atoms with E-state index >= 15 is 8.78 Å². The second-order valence-corrected chi connectivity index (χ2v) is 23.4. The number of piperidine rings is 2. The number of benzene rings is 2. The van der Waals surface area contributed by atoms with E-state index in [0.717, 1.165) is 59.0 Å². The lowest BCUT2D eigenvalue weighted by Gasteiger charge is -2.62. The zero-order chi connectivity index (χ0) is 46.1. The van der Waals surface area contributed by atoms with E-state index in [2.05, 4.69) is 9.80 Å². The van der Waals surface area contributed by atoms with Gasteiger partial charge in [-0.25, -0.2) is 8.78 Å². The van der Waals surface area contributed by atoms with Crippen molar-refractivity contribution in [2.45, 2.75) is 144 Å². The fraction of sp³-hybridized carbons (Fsp3) is 0.569. The van der Waals surface area contributed by atoms with Gasteiger partial charge in [0.25, 0.3) is 0 Å². The molecule has 4 saturated carbocycles. The van der Waals surface area contributed by atoms with Crippen LogP contribution in [-0.4, -0.2) is 105 Å². The van der Waals surface area contributed by atoms with Crippen LogP contribution in [0.3, 0.4) is 0 Å². The molecule has 6 heterocycles. The molecule has 2 aromatic carbocycles. The summed E-state index contributed by atoms with van der Waals surface area (Å²) in [5.74, 6) is -1.40. The van der Waals surface area contributed by atoms with Crippen LogP contribution in [0.1, 0.15) is 103 Å². The van der Waals surface area contributed by atoms with E-state index in [0.29, 0.717) is 56.0 Å². The highest BCUT2D eigenvalue weighted by Gasteiger charge is 2.74. The second-order valence-electron chi connectivity index (χ2n) is 21.1. The highest BCUT2D eigenvalue weighted by molar-refractivity contribution is 7.28. The molecule has 4 aromatic rings. The summed E-state index contributed by atoms with van der Waals surface area (Å²) < 4.78 is 56.7. The minimum absolute atomic E-state index is 0.0324. The summed E-state index contributed by atoms with van der Waals surface area (Å²) in [7, 11) is 0. The van der Waals surface area contributed by atoms with Gasteiger partial charge in [-0.15, -0.1) is 22.7 Å². The van der Waals surface area contributed by atoms with Gasteiger partial charge in [0, 0.05) is 49.1 Å². The van der Waals surface area contributed by atoms with Crippen LogP contribution in [0.25, 0.3) is 9.40 Å². The topological polar surface area (TPSA) is 152 Å². The molecule has 2 bridgehead atoms. The van der Waals surface area contributed by atoms with Crippen molar-refractivity contribution in [3.8, 4) is 23.0 Å². The van der Waals surface area contributed by atoms with Gasteiger partial charge in [-0.1, -0.05) is 12.1 Å². The van der Waals surface area contributed by atoms with Crippen molar-refractivity contribution in [1.82, 2.24) is 9.80 Å². The third-order valence-electron chi connectivity index (χ3n) is 17.6. The predicted molar refractivity (Wildman–Crippen MR) is 241 cm³/mol. The van der Waals surface area contributed by atoms with Crippen LogP contribution in [0.2, 0.25) is 0 Å². The van der Waals surface area contributed by atoms with Gasteiger partial charge in [0.05, 0.1) is 54.0 Å². The predicted octanol–water partition coefficient (Wildman–Crippen LogP) is 6.58. The zero-order valence-electron chi connectivity index (χ0n) is 37.4. The van der Waals surface area contributed by atoms with Crippen LogP contribution >= 0.6 is 22.7 Å². The number of halogens is 2. The molecule has 8 atom stereocenters. The summed E-state index contributed by atoms with van der Waals surface area (Å²) in [4.78, 5) is 59.0. The second kappa shape index (κ2) is 14.6. The number of carbonyl (C=O) groups is 4. The van der Waals surface area contributed by atoms with Crippen LogP contribution in [0.5, 0.6) is 23.0 Å². The van der Waals surface area contributed by atoms with Crippen LogP contribution in [0.15, 0.2) is 24.3 Å². The number of nitrogens with zero attached hydrogens (tertiary/aromatic N) is 2. The first kappa shape index (κ1) is 42.8. The molecule has 352 valence electrons. The first-order valence-electron chi connectivity index (χ1n) is 24.1. The quantitative estimate of drug-likeness (QED) is 0.131. The van der Waals surface area contributed by atoms with Crippen molar-refractivity contribution in [2.75, 3.05) is 26.2 Å². The number of fused-ring (bicyclic) bond motifs is 2. The number of hydrogen-bond donors (Lipinski definition) is 2. The fourth-order valence-electron chi connectivity index (χ4n) is 14.1. The zero-order valence-corrected chi connectivity index (χ0v) is 39.1. The maximum absolute atomic E-state index is 16.1. The summed E-state index contributed by atoms with van der Waals surface area (Å²) in [6.45, 7) is 7.18. The Labute approximate surface area is 393 Å². The largest absolute Gasteiger partial charge is 0.477 e. The first-order valence-corrected chi connectivity index (χ1v) is 25.7. The number of hydrogen-bond acceptors (Lipinski definition) is 14. The van der Waals surface area contributed by atoms with Crippen molar-refractivity contribution in [2.24, 2.45) is 11.8 Å². The fourth-order valence-corrected chi connectivity index (χ4v) is 16.5. The average molecular weight is 955 g/mol. The lowest BCUT2D eigenvalue weighted by atomic mass is 9.49. The lowest BCUT2D eigenvalue weighted by molar-refractivity contribution is -0.188. The molecule has 6 fully saturated rings. The van der Waals surface area contributed by atoms with E-state index in [1.54, 1.807) is 18.2 Å². The Morgan fingerprint density at radius 1 is 0.731 bits per heavy atom. The van der Waals surface area contributed by atoms with E-state index in [1.165, 1.54) is 25.7 Å². The number of Topliss-reactive ketones (excluding diaryl/α,β-unsaturated/α-hetero) is 2. The van der Waals surface area contributed by atoms with Crippen molar-refractivity contribution < 1.29 is 57.1 Å². The first-order chi connectivity index (χ1) is 32.1. The van der Waals surface area contributed by atoms with E-state index in [9.17, 15) is 29.4 Å². The molecular formula is C51H52F2N2O10S2. The smallest absolute Gasteiger partial charge is 0.316 e. The number of carbonyl (C=O) groups excluding carboxylic acids is 4. The van der Waals surface area contributed by atoms with Gasteiger partial charge in [0.15, 0.2) is 58.4 Å². The number of ketones is 2. The Kier molecular flexibility index (Phi) is 9.32. The molecule has 2 N–H and O–H groups in total. The van der Waals surface area contributed by atoms with Crippen molar-refractivity contribution in [1.29, 1.82) is 0 Å². The molecule has 12 nitrogen and oxygen atoms in total. The molecule has 9 aliphatic rings. The summed E-state index contributed by atoms with van der Waals surface area (Å²) in [5.41, 5.74) is -1.22. The molecule has 0 amide bonds. The number of esters is 2.